The quantitative estimate of drug-likeness (QED) is 0.222. The zero-order valence-electron chi connectivity index (χ0n) is 14.9. The van der Waals surface area contributed by atoms with Crippen molar-refractivity contribution in [1.82, 2.24) is 0 Å². The number of nitriles is 1. The first-order chi connectivity index (χ1) is 14.6. The van der Waals surface area contributed by atoms with Crippen molar-refractivity contribution in [2.75, 3.05) is 6.61 Å². The van der Waals surface area contributed by atoms with Crippen LogP contribution in [0.3, 0.4) is 0 Å². The summed E-state index contributed by atoms with van der Waals surface area (Å²) in [5.74, 6) is -26.7. The zero-order chi connectivity index (χ0) is 27.8. The van der Waals surface area contributed by atoms with Gasteiger partial charge < -0.3 is 4.74 Å². The Labute approximate surface area is 173 Å². The molecule has 22 heteroatoms. The van der Waals surface area contributed by atoms with Gasteiger partial charge in [0, 0.05) is 0 Å². The monoisotopic (exact) mass is 549 g/mol. The van der Waals surface area contributed by atoms with E-state index in [0.29, 0.717) is 0 Å². The molecule has 0 aromatic heterocycles. The normalized spacial score (nSPS) is 18.0. The predicted octanol–water partition coefficient (Wildman–Crippen LogP) is 5.32. The first-order valence-electron chi connectivity index (χ1n) is 7.30. The number of alkyl halides is 17. The number of carbonyl (C=O) groups is 1. The number of carbonyl (C=O) groups excluding carboxylic acids is 1. The van der Waals surface area contributed by atoms with Crippen LogP contribution in [0.25, 0.3) is 0 Å². The van der Waals surface area contributed by atoms with Crippen LogP contribution in [0.2, 0.25) is 0 Å². The highest BCUT2D eigenvalue weighted by Gasteiger charge is 2.85. The molecule has 0 aliphatic carbocycles. The van der Waals surface area contributed by atoms with E-state index < -0.39 is 67.4 Å². The molecule has 34 heavy (non-hydrogen) atoms. The summed E-state index contributed by atoms with van der Waals surface area (Å²) in [5.41, 5.74) is 0. The fraction of sp³-hybridized carbons (Fsp3) is 0.833. The minimum Gasteiger partial charge on any atom is -0.460 e. The highest BCUT2D eigenvalue weighted by atomic mass is 19.4. The Morgan fingerprint density at radius 3 is 1.41 bits per heavy atom. The van der Waals surface area contributed by atoms with Gasteiger partial charge in [0.1, 0.15) is 6.61 Å². The minimum absolute atomic E-state index is 1.01. The lowest BCUT2D eigenvalue weighted by Gasteiger charge is -2.39. The molecule has 0 saturated heterocycles. The van der Waals surface area contributed by atoms with E-state index in [1.165, 1.54) is 4.74 Å². The standard InChI is InChI=1S/C12H4F17NO4/c13-5(8(17,18)19,4(31)32-3-1-2-30)33-12(28,29)7(16,10(23,24)25)34-11(26,27)6(14,15)9(20,21)22/h1,3H2. The molecule has 0 aromatic carbocycles. The summed E-state index contributed by atoms with van der Waals surface area (Å²) in [6, 6.07) is 1.01. The Balaban J connectivity index is 6.65. The largest absolute Gasteiger partial charge is 0.462 e. The van der Waals surface area contributed by atoms with E-state index in [4.69, 9.17) is 5.26 Å². The van der Waals surface area contributed by atoms with Crippen molar-refractivity contribution in [3.05, 3.63) is 0 Å². The number of hydrogen-bond donors (Lipinski definition) is 0. The Morgan fingerprint density at radius 2 is 1.09 bits per heavy atom. The highest BCUT2D eigenvalue weighted by molar-refractivity contribution is 5.78. The van der Waals surface area contributed by atoms with Crippen LogP contribution in [0.1, 0.15) is 6.42 Å². The van der Waals surface area contributed by atoms with E-state index in [0.717, 1.165) is 6.07 Å². The van der Waals surface area contributed by atoms with Crippen LogP contribution < -0.4 is 0 Å². The van der Waals surface area contributed by atoms with Gasteiger partial charge in [-0.15, -0.1) is 0 Å². The van der Waals surface area contributed by atoms with E-state index in [1.807, 2.05) is 0 Å². The van der Waals surface area contributed by atoms with Gasteiger partial charge in [-0.1, -0.05) is 0 Å². The second-order valence-electron chi connectivity index (χ2n) is 5.54. The van der Waals surface area contributed by atoms with E-state index in [9.17, 15) is 79.4 Å². The van der Waals surface area contributed by atoms with Gasteiger partial charge >= 0.3 is 54.3 Å². The summed E-state index contributed by atoms with van der Waals surface area (Å²) < 4.78 is 225. The van der Waals surface area contributed by atoms with Crippen molar-refractivity contribution in [1.29, 1.82) is 5.26 Å². The molecule has 5 nitrogen and oxygen atoms in total. The molecule has 0 saturated carbocycles. The molecule has 2 unspecified atom stereocenters. The summed E-state index contributed by atoms with van der Waals surface area (Å²) in [6.45, 7) is -1.60. The van der Waals surface area contributed by atoms with Crippen molar-refractivity contribution in [2.24, 2.45) is 0 Å². The number of hydrogen-bond acceptors (Lipinski definition) is 5. The number of halogens is 17. The maximum Gasteiger partial charge on any atom is 0.462 e. The van der Waals surface area contributed by atoms with Gasteiger partial charge in [0.05, 0.1) is 12.5 Å². The molecule has 2 atom stereocenters. The molecule has 0 bridgehead atoms. The maximum atomic E-state index is 13.9. The van der Waals surface area contributed by atoms with E-state index in [2.05, 4.69) is 4.74 Å². The molecular weight excluding hydrogens is 545 g/mol. The minimum atomic E-state index is -8.09. The van der Waals surface area contributed by atoms with Crippen molar-refractivity contribution < 1.29 is 93.6 Å². The van der Waals surface area contributed by atoms with Gasteiger partial charge in [-0.3, -0.25) is 9.47 Å². The Hall–Kier alpha value is -2.31. The number of nitrogens with zero attached hydrogens (tertiary/aromatic N) is 1. The SMILES string of the molecule is N#CCCOC(=O)C(F)(OC(F)(F)C(F)(OC(F)(F)C(F)(F)C(F)(F)F)C(F)(F)F)C(F)(F)F. The molecule has 0 rings (SSSR count). The fourth-order valence-corrected chi connectivity index (χ4v) is 1.43. The van der Waals surface area contributed by atoms with Gasteiger partial charge in [-0.05, 0) is 0 Å². The first kappa shape index (κ1) is 31.7. The fourth-order valence-electron chi connectivity index (χ4n) is 1.43. The van der Waals surface area contributed by atoms with E-state index in [1.54, 1.807) is 4.74 Å². The maximum absolute atomic E-state index is 13.9. The van der Waals surface area contributed by atoms with Gasteiger partial charge in [0.15, 0.2) is 0 Å². The van der Waals surface area contributed by atoms with Crippen molar-refractivity contribution in [2.45, 2.75) is 54.8 Å². The zero-order valence-corrected chi connectivity index (χ0v) is 14.9. The van der Waals surface area contributed by atoms with Crippen LogP contribution in [0.5, 0.6) is 0 Å². The third-order valence-corrected chi connectivity index (χ3v) is 3.07. The summed E-state index contributed by atoms with van der Waals surface area (Å²) in [6.07, 6.45) is -39.9. The lowest BCUT2D eigenvalue weighted by atomic mass is 10.2. The first-order valence-corrected chi connectivity index (χ1v) is 7.30. The summed E-state index contributed by atoms with van der Waals surface area (Å²) >= 11 is 0. The lowest BCUT2D eigenvalue weighted by molar-refractivity contribution is -0.548. The van der Waals surface area contributed by atoms with Crippen LogP contribution >= 0.6 is 0 Å². The molecule has 0 aromatic rings. The average molecular weight is 549 g/mol. The number of ether oxygens (including phenoxy) is 3. The second kappa shape index (κ2) is 9.04. The second-order valence-corrected chi connectivity index (χ2v) is 5.54. The van der Waals surface area contributed by atoms with Gasteiger partial charge in [0.25, 0.3) is 0 Å². The number of esters is 1. The Kier molecular flexibility index (Phi) is 8.43. The summed E-state index contributed by atoms with van der Waals surface area (Å²) in [7, 11) is 0. The molecule has 0 aliphatic heterocycles. The van der Waals surface area contributed by atoms with E-state index >= 15 is 0 Å². The third-order valence-electron chi connectivity index (χ3n) is 3.07. The summed E-state index contributed by atoms with van der Waals surface area (Å²) in [4.78, 5) is 11.1. The molecule has 0 fully saturated rings. The molecule has 0 N–H and O–H groups in total. The summed E-state index contributed by atoms with van der Waals surface area (Å²) in [5, 5.41) is 8.04. The molecule has 0 aliphatic rings. The molecule has 0 spiro atoms. The van der Waals surface area contributed by atoms with Gasteiger partial charge in [0.2, 0.25) is 0 Å². The molecule has 0 heterocycles. The number of rotatable bonds is 9. The van der Waals surface area contributed by atoms with Crippen LogP contribution in [-0.4, -0.2) is 61.0 Å². The Morgan fingerprint density at radius 1 is 0.647 bits per heavy atom. The Bertz CT molecular complexity index is 781. The van der Waals surface area contributed by atoms with Gasteiger partial charge in [-0.25, -0.2) is 4.79 Å². The lowest BCUT2D eigenvalue weighted by Crippen LogP contribution is -2.68. The molecule has 0 amide bonds. The van der Waals surface area contributed by atoms with Gasteiger partial charge in [-0.2, -0.15) is 79.9 Å². The van der Waals surface area contributed by atoms with Crippen LogP contribution in [0.4, 0.5) is 74.6 Å². The highest BCUT2D eigenvalue weighted by Crippen LogP contribution is 2.56. The third kappa shape index (κ3) is 5.66. The predicted molar refractivity (Wildman–Crippen MR) is 64.0 cm³/mol. The average Bonchev–Trinajstić information content (AvgIpc) is 2.57. The van der Waals surface area contributed by atoms with Crippen molar-refractivity contribution in [3.8, 4) is 6.07 Å². The molecule has 0 radical (unpaired) electrons. The van der Waals surface area contributed by atoms with Crippen LogP contribution in [0.15, 0.2) is 0 Å². The van der Waals surface area contributed by atoms with Crippen LogP contribution in [0, 0.1) is 11.3 Å². The smallest absolute Gasteiger partial charge is 0.460 e. The van der Waals surface area contributed by atoms with Crippen molar-refractivity contribution in [3.63, 3.8) is 0 Å². The topological polar surface area (TPSA) is 68.5 Å². The van der Waals surface area contributed by atoms with Crippen molar-refractivity contribution >= 4 is 5.97 Å². The van der Waals surface area contributed by atoms with E-state index in [-0.39, 0.29) is 0 Å². The van der Waals surface area contributed by atoms with Crippen LogP contribution in [-0.2, 0) is 19.0 Å². The molecular formula is C12H4F17NO4. The molecule has 200 valence electrons.